The number of methoxy groups -OCH3 is 1. The van der Waals surface area contributed by atoms with Gasteiger partial charge in [0.25, 0.3) is 0 Å². The molecule has 0 spiro atoms. The second-order valence-corrected chi connectivity index (χ2v) is 6.42. The van der Waals surface area contributed by atoms with Crippen LogP contribution in [0.3, 0.4) is 0 Å². The molecule has 1 N–H and O–H groups in total. The molecule has 1 aromatic carbocycles. The largest absolute Gasteiger partial charge is 0.497 e. The molecule has 2 unspecified atom stereocenters. The Morgan fingerprint density at radius 1 is 1.39 bits per heavy atom. The average Bonchev–Trinajstić information content (AvgIpc) is 3.36. The summed E-state index contributed by atoms with van der Waals surface area (Å²) in [7, 11) is 5.66. The molecule has 0 heterocycles. The zero-order valence-corrected chi connectivity index (χ0v) is 14.5. The van der Waals surface area contributed by atoms with E-state index in [1.54, 1.807) is 7.11 Å². The average molecular weight is 320 g/mol. The van der Waals surface area contributed by atoms with Gasteiger partial charge in [0.05, 0.1) is 19.8 Å². The highest BCUT2D eigenvalue weighted by atomic mass is 16.5. The fraction of sp³-hybridized carbons (Fsp3) is 0.611. The molecule has 1 saturated carbocycles. The van der Waals surface area contributed by atoms with Gasteiger partial charge in [0, 0.05) is 6.54 Å². The van der Waals surface area contributed by atoms with Crippen molar-refractivity contribution in [1.29, 1.82) is 0 Å². The predicted octanol–water partition coefficient (Wildman–Crippen LogP) is 2.23. The van der Waals surface area contributed by atoms with Gasteiger partial charge in [0.15, 0.2) is 0 Å². The molecule has 128 valence electrons. The van der Waals surface area contributed by atoms with E-state index in [0.29, 0.717) is 19.1 Å². The summed E-state index contributed by atoms with van der Waals surface area (Å²) in [5.41, 5.74) is 1.11. The van der Waals surface area contributed by atoms with Crippen LogP contribution in [0, 0.1) is 5.92 Å². The molecule has 23 heavy (non-hydrogen) atoms. The molecule has 1 fully saturated rings. The Labute approximate surface area is 139 Å². The second kappa shape index (κ2) is 8.31. The van der Waals surface area contributed by atoms with Crippen LogP contribution in [0.4, 0.5) is 0 Å². The fourth-order valence-electron chi connectivity index (χ4n) is 2.43. The van der Waals surface area contributed by atoms with Crippen LogP contribution >= 0.6 is 0 Å². The van der Waals surface area contributed by atoms with Crippen LogP contribution in [-0.2, 0) is 9.53 Å². The van der Waals surface area contributed by atoms with Crippen LogP contribution in [0.2, 0.25) is 0 Å². The topological polar surface area (TPSA) is 50.8 Å². The van der Waals surface area contributed by atoms with Gasteiger partial charge in [-0.15, -0.1) is 0 Å². The third-order valence-electron chi connectivity index (χ3n) is 4.22. The van der Waals surface area contributed by atoms with E-state index in [1.165, 1.54) is 12.8 Å². The van der Waals surface area contributed by atoms with Crippen molar-refractivity contribution < 1.29 is 14.3 Å². The minimum Gasteiger partial charge on any atom is -0.497 e. The molecular formula is C18H28N2O3. The first-order chi connectivity index (χ1) is 11.0. The lowest BCUT2D eigenvalue weighted by atomic mass is 10.1. The summed E-state index contributed by atoms with van der Waals surface area (Å²) in [5, 5.41) is 3.00. The highest BCUT2D eigenvalue weighted by Crippen LogP contribution is 2.29. The lowest BCUT2D eigenvalue weighted by Crippen LogP contribution is -2.40. The van der Waals surface area contributed by atoms with Crippen LogP contribution < -0.4 is 10.1 Å². The van der Waals surface area contributed by atoms with Gasteiger partial charge in [0.1, 0.15) is 11.9 Å². The molecule has 0 bridgehead atoms. The van der Waals surface area contributed by atoms with Crippen molar-refractivity contribution in [2.45, 2.75) is 31.9 Å². The molecule has 5 nitrogen and oxygen atoms in total. The van der Waals surface area contributed by atoms with Crippen LogP contribution in [0.5, 0.6) is 5.75 Å². The van der Waals surface area contributed by atoms with Gasteiger partial charge < -0.3 is 19.7 Å². The second-order valence-electron chi connectivity index (χ2n) is 6.42. The van der Waals surface area contributed by atoms with Gasteiger partial charge >= 0.3 is 0 Å². The number of rotatable bonds is 9. The van der Waals surface area contributed by atoms with Gasteiger partial charge in [-0.2, -0.15) is 0 Å². The number of carbonyl (C=O) groups is 1. The van der Waals surface area contributed by atoms with Crippen LogP contribution in [0.1, 0.15) is 31.4 Å². The van der Waals surface area contributed by atoms with E-state index in [2.05, 4.69) is 10.2 Å². The number of nitrogens with zero attached hydrogens (tertiary/aromatic N) is 1. The van der Waals surface area contributed by atoms with Crippen molar-refractivity contribution in [1.82, 2.24) is 10.2 Å². The van der Waals surface area contributed by atoms with Gasteiger partial charge in [-0.3, -0.25) is 4.79 Å². The molecule has 1 aliphatic rings. The lowest BCUT2D eigenvalue weighted by Gasteiger charge is -2.26. The summed E-state index contributed by atoms with van der Waals surface area (Å²) in [6.07, 6.45) is 2.06. The first-order valence-electron chi connectivity index (χ1n) is 8.21. The van der Waals surface area contributed by atoms with Gasteiger partial charge in [-0.25, -0.2) is 0 Å². The Morgan fingerprint density at radius 3 is 2.74 bits per heavy atom. The SMILES string of the molecule is COc1cccc(C(CNC(=O)C(C)OCC2CC2)N(C)C)c1. The molecule has 5 heteroatoms. The molecule has 1 aliphatic carbocycles. The molecule has 1 amide bonds. The van der Waals surface area contributed by atoms with Crippen molar-refractivity contribution >= 4 is 5.91 Å². The third kappa shape index (κ3) is 5.52. The van der Waals surface area contributed by atoms with Crippen LogP contribution in [0.25, 0.3) is 0 Å². The molecule has 0 aromatic heterocycles. The molecule has 0 radical (unpaired) electrons. The first kappa shape index (κ1) is 17.8. The summed E-state index contributed by atoms with van der Waals surface area (Å²) in [6, 6.07) is 8.02. The van der Waals surface area contributed by atoms with Gasteiger partial charge in [-0.1, -0.05) is 12.1 Å². The van der Waals surface area contributed by atoms with E-state index >= 15 is 0 Å². The van der Waals surface area contributed by atoms with Gasteiger partial charge in [0.2, 0.25) is 5.91 Å². The van der Waals surface area contributed by atoms with Gasteiger partial charge in [-0.05, 0) is 57.5 Å². The summed E-state index contributed by atoms with van der Waals surface area (Å²) < 4.78 is 10.9. The number of likely N-dealkylation sites (N-methyl/N-ethyl adjacent to an activating group) is 1. The number of nitrogens with one attached hydrogen (secondary N) is 1. The smallest absolute Gasteiger partial charge is 0.248 e. The minimum atomic E-state index is -0.399. The minimum absolute atomic E-state index is 0.0552. The summed E-state index contributed by atoms with van der Waals surface area (Å²) >= 11 is 0. The maximum atomic E-state index is 12.2. The number of hydrogen-bond donors (Lipinski definition) is 1. The number of amides is 1. The quantitative estimate of drug-likeness (QED) is 0.758. The Morgan fingerprint density at radius 2 is 2.13 bits per heavy atom. The van der Waals surface area contributed by atoms with E-state index in [1.807, 2.05) is 45.3 Å². The summed E-state index contributed by atoms with van der Waals surface area (Å²) in [4.78, 5) is 14.3. The lowest BCUT2D eigenvalue weighted by molar-refractivity contribution is -0.132. The van der Waals surface area contributed by atoms with Crippen molar-refractivity contribution in [3.05, 3.63) is 29.8 Å². The molecule has 1 aromatic rings. The number of hydrogen-bond acceptors (Lipinski definition) is 4. The van der Waals surface area contributed by atoms with E-state index in [4.69, 9.17) is 9.47 Å². The predicted molar refractivity (Wildman–Crippen MR) is 90.6 cm³/mol. The third-order valence-corrected chi connectivity index (χ3v) is 4.22. The van der Waals surface area contributed by atoms with Crippen molar-refractivity contribution in [2.24, 2.45) is 5.92 Å². The highest BCUT2D eigenvalue weighted by molar-refractivity contribution is 5.80. The zero-order valence-electron chi connectivity index (χ0n) is 14.5. The highest BCUT2D eigenvalue weighted by Gasteiger charge is 2.24. The zero-order chi connectivity index (χ0) is 16.8. The standard InChI is InChI=1S/C18H28N2O3/c1-13(23-12-14-8-9-14)18(21)19-11-17(20(2)3)15-6-5-7-16(10-15)22-4/h5-7,10,13-14,17H,8-9,11-12H2,1-4H3,(H,19,21). The van der Waals surface area contributed by atoms with Crippen molar-refractivity contribution in [3.8, 4) is 5.75 Å². The molecule has 2 atom stereocenters. The monoisotopic (exact) mass is 320 g/mol. The summed E-state index contributed by atoms with van der Waals surface area (Å²) in [6.45, 7) is 3.05. The van der Waals surface area contributed by atoms with E-state index < -0.39 is 6.10 Å². The molecular weight excluding hydrogens is 292 g/mol. The van der Waals surface area contributed by atoms with Crippen molar-refractivity contribution in [2.75, 3.05) is 34.4 Å². The Bertz CT molecular complexity index is 515. The summed E-state index contributed by atoms with van der Waals surface area (Å²) in [5.74, 6) is 1.43. The number of ether oxygens (including phenoxy) is 2. The maximum Gasteiger partial charge on any atom is 0.248 e. The Kier molecular flexibility index (Phi) is 6.42. The molecule has 0 saturated heterocycles. The van der Waals surface area contributed by atoms with Crippen LogP contribution in [-0.4, -0.2) is 51.3 Å². The van der Waals surface area contributed by atoms with E-state index in [9.17, 15) is 4.79 Å². The fourth-order valence-corrected chi connectivity index (χ4v) is 2.43. The first-order valence-corrected chi connectivity index (χ1v) is 8.21. The maximum absolute atomic E-state index is 12.2. The van der Waals surface area contributed by atoms with E-state index in [-0.39, 0.29) is 11.9 Å². The van der Waals surface area contributed by atoms with E-state index in [0.717, 1.165) is 11.3 Å². The normalized spacial score (nSPS) is 16.9. The Balaban J connectivity index is 1.89. The molecule has 2 rings (SSSR count). The molecule has 0 aliphatic heterocycles. The Hall–Kier alpha value is -1.59. The van der Waals surface area contributed by atoms with Crippen molar-refractivity contribution in [3.63, 3.8) is 0 Å². The number of carbonyl (C=O) groups excluding carboxylic acids is 1. The van der Waals surface area contributed by atoms with Crippen LogP contribution in [0.15, 0.2) is 24.3 Å². The number of benzene rings is 1.